The maximum atomic E-state index is 12.0. The second-order valence-corrected chi connectivity index (χ2v) is 4.29. The van der Waals surface area contributed by atoms with E-state index in [1.54, 1.807) is 6.20 Å². The molecular formula is C11H18N4O. The van der Waals surface area contributed by atoms with Gasteiger partial charge in [0, 0.05) is 38.6 Å². The number of rotatable bonds is 2. The van der Waals surface area contributed by atoms with E-state index in [4.69, 9.17) is 0 Å². The summed E-state index contributed by atoms with van der Waals surface area (Å²) in [6.45, 7) is 5.93. The molecule has 0 N–H and O–H groups in total. The Kier molecular flexibility index (Phi) is 3.24. The number of piperazine rings is 1. The summed E-state index contributed by atoms with van der Waals surface area (Å²) < 4.78 is 1.89. The highest BCUT2D eigenvalue weighted by Gasteiger charge is 2.19. The molecular weight excluding hydrogens is 204 g/mol. The lowest BCUT2D eigenvalue weighted by atomic mass is 10.3. The number of hydrogen-bond acceptors (Lipinski definition) is 3. The normalized spacial score (nSPS) is 17.8. The molecule has 2 heterocycles. The zero-order valence-corrected chi connectivity index (χ0v) is 9.89. The van der Waals surface area contributed by atoms with Gasteiger partial charge in [0.05, 0.1) is 0 Å². The summed E-state index contributed by atoms with van der Waals surface area (Å²) >= 11 is 0. The first-order chi connectivity index (χ1) is 7.66. The van der Waals surface area contributed by atoms with Crippen LogP contribution in [0.5, 0.6) is 0 Å². The molecule has 1 saturated heterocycles. The van der Waals surface area contributed by atoms with E-state index in [0.29, 0.717) is 6.54 Å². The van der Waals surface area contributed by atoms with E-state index in [9.17, 15) is 4.79 Å². The smallest absolute Gasteiger partial charge is 0.242 e. The van der Waals surface area contributed by atoms with Crippen molar-refractivity contribution in [3.63, 3.8) is 0 Å². The predicted octanol–water partition coefficient (Wildman–Crippen LogP) is -0.0345. The number of carbonyl (C=O) groups is 1. The second-order valence-electron chi connectivity index (χ2n) is 4.29. The van der Waals surface area contributed by atoms with Crippen molar-refractivity contribution >= 4 is 5.91 Å². The summed E-state index contributed by atoms with van der Waals surface area (Å²) in [5.41, 5.74) is 0. The number of imidazole rings is 1. The van der Waals surface area contributed by atoms with E-state index < -0.39 is 0 Å². The van der Waals surface area contributed by atoms with Crippen molar-refractivity contribution in [2.75, 3.05) is 33.2 Å². The first-order valence-corrected chi connectivity index (χ1v) is 5.61. The van der Waals surface area contributed by atoms with E-state index in [2.05, 4.69) is 16.9 Å². The predicted molar refractivity (Wildman–Crippen MR) is 61.0 cm³/mol. The fourth-order valence-corrected chi connectivity index (χ4v) is 1.87. The van der Waals surface area contributed by atoms with Gasteiger partial charge < -0.3 is 14.4 Å². The number of nitrogens with zero attached hydrogens (tertiary/aromatic N) is 4. The van der Waals surface area contributed by atoms with Crippen LogP contribution in [0.25, 0.3) is 0 Å². The van der Waals surface area contributed by atoms with Crippen LogP contribution < -0.4 is 0 Å². The summed E-state index contributed by atoms with van der Waals surface area (Å²) in [5, 5.41) is 0. The molecule has 0 atom stereocenters. The first kappa shape index (κ1) is 11.1. The monoisotopic (exact) mass is 222 g/mol. The van der Waals surface area contributed by atoms with Gasteiger partial charge in [-0.05, 0) is 14.0 Å². The van der Waals surface area contributed by atoms with Gasteiger partial charge in [-0.3, -0.25) is 4.79 Å². The van der Waals surface area contributed by atoms with Gasteiger partial charge in [-0.2, -0.15) is 0 Å². The third-order valence-electron chi connectivity index (χ3n) is 3.09. The van der Waals surface area contributed by atoms with Gasteiger partial charge in [-0.25, -0.2) is 4.98 Å². The lowest BCUT2D eigenvalue weighted by molar-refractivity contribution is -0.133. The summed E-state index contributed by atoms with van der Waals surface area (Å²) in [6, 6.07) is 0. The average Bonchev–Trinajstić information content (AvgIpc) is 2.65. The van der Waals surface area contributed by atoms with Crippen molar-refractivity contribution in [2.45, 2.75) is 13.5 Å². The number of amides is 1. The molecule has 88 valence electrons. The maximum absolute atomic E-state index is 12.0. The van der Waals surface area contributed by atoms with Gasteiger partial charge in [0.15, 0.2) is 0 Å². The highest BCUT2D eigenvalue weighted by Crippen LogP contribution is 2.02. The SMILES string of the molecule is Cc1nccn1CC(=O)N1CCN(C)CC1. The Morgan fingerprint density at radius 2 is 2.06 bits per heavy atom. The van der Waals surface area contributed by atoms with Gasteiger partial charge >= 0.3 is 0 Å². The molecule has 0 bridgehead atoms. The van der Waals surface area contributed by atoms with E-state index in [-0.39, 0.29) is 5.91 Å². The zero-order valence-electron chi connectivity index (χ0n) is 9.89. The van der Waals surface area contributed by atoms with Crippen LogP contribution in [0.15, 0.2) is 12.4 Å². The van der Waals surface area contributed by atoms with Gasteiger partial charge in [0.1, 0.15) is 12.4 Å². The molecule has 1 aliphatic heterocycles. The molecule has 16 heavy (non-hydrogen) atoms. The summed E-state index contributed by atoms with van der Waals surface area (Å²) in [6.07, 6.45) is 3.58. The Labute approximate surface area is 95.7 Å². The molecule has 5 heteroatoms. The number of hydrogen-bond donors (Lipinski definition) is 0. The van der Waals surface area contributed by atoms with Crippen molar-refractivity contribution in [3.8, 4) is 0 Å². The lowest BCUT2D eigenvalue weighted by Gasteiger charge is -2.32. The van der Waals surface area contributed by atoms with Crippen LogP contribution in [-0.2, 0) is 11.3 Å². The van der Waals surface area contributed by atoms with Crippen molar-refractivity contribution in [2.24, 2.45) is 0 Å². The van der Waals surface area contributed by atoms with Crippen molar-refractivity contribution in [1.82, 2.24) is 19.4 Å². The summed E-state index contributed by atoms with van der Waals surface area (Å²) in [5.74, 6) is 1.08. The molecule has 1 aliphatic rings. The Balaban J connectivity index is 1.91. The molecule has 0 aromatic carbocycles. The molecule has 1 fully saturated rings. The molecule has 0 unspecified atom stereocenters. The third-order valence-corrected chi connectivity index (χ3v) is 3.09. The van der Waals surface area contributed by atoms with E-state index in [0.717, 1.165) is 32.0 Å². The summed E-state index contributed by atoms with van der Waals surface area (Å²) in [7, 11) is 2.09. The van der Waals surface area contributed by atoms with Crippen LogP contribution in [-0.4, -0.2) is 58.5 Å². The standard InChI is InChI=1S/C11H18N4O/c1-10-12-3-4-15(10)9-11(16)14-7-5-13(2)6-8-14/h3-4H,5-9H2,1-2H3. The van der Waals surface area contributed by atoms with Gasteiger partial charge in [-0.15, -0.1) is 0 Å². The zero-order chi connectivity index (χ0) is 11.5. The topological polar surface area (TPSA) is 41.4 Å². The minimum absolute atomic E-state index is 0.189. The molecule has 0 radical (unpaired) electrons. The minimum Gasteiger partial charge on any atom is -0.339 e. The van der Waals surface area contributed by atoms with Crippen LogP contribution >= 0.6 is 0 Å². The molecule has 1 aromatic heterocycles. The van der Waals surface area contributed by atoms with E-state index in [1.807, 2.05) is 22.6 Å². The molecule has 0 spiro atoms. The van der Waals surface area contributed by atoms with Crippen LogP contribution in [0.3, 0.4) is 0 Å². The van der Waals surface area contributed by atoms with E-state index in [1.165, 1.54) is 0 Å². The summed E-state index contributed by atoms with van der Waals surface area (Å²) in [4.78, 5) is 20.3. The highest BCUT2D eigenvalue weighted by atomic mass is 16.2. The van der Waals surface area contributed by atoms with Gasteiger partial charge in [0.25, 0.3) is 0 Å². The molecule has 1 aromatic rings. The number of carbonyl (C=O) groups excluding carboxylic acids is 1. The fraction of sp³-hybridized carbons (Fsp3) is 0.636. The quantitative estimate of drug-likeness (QED) is 0.705. The van der Waals surface area contributed by atoms with Crippen LogP contribution in [0.1, 0.15) is 5.82 Å². The van der Waals surface area contributed by atoms with Crippen LogP contribution in [0.2, 0.25) is 0 Å². The van der Waals surface area contributed by atoms with E-state index >= 15 is 0 Å². The molecule has 0 saturated carbocycles. The molecule has 2 rings (SSSR count). The lowest BCUT2D eigenvalue weighted by Crippen LogP contribution is -2.48. The molecule has 0 aliphatic carbocycles. The van der Waals surface area contributed by atoms with Gasteiger partial charge in [-0.1, -0.05) is 0 Å². The number of aromatic nitrogens is 2. The van der Waals surface area contributed by atoms with Crippen molar-refractivity contribution in [3.05, 3.63) is 18.2 Å². The highest BCUT2D eigenvalue weighted by molar-refractivity contribution is 5.76. The number of aryl methyl sites for hydroxylation is 1. The van der Waals surface area contributed by atoms with Crippen molar-refractivity contribution in [1.29, 1.82) is 0 Å². The Bertz CT molecular complexity index is 366. The second kappa shape index (κ2) is 4.65. The Morgan fingerprint density at radius 1 is 1.38 bits per heavy atom. The average molecular weight is 222 g/mol. The minimum atomic E-state index is 0.189. The Morgan fingerprint density at radius 3 is 2.62 bits per heavy atom. The van der Waals surface area contributed by atoms with Crippen LogP contribution in [0.4, 0.5) is 0 Å². The largest absolute Gasteiger partial charge is 0.339 e. The number of likely N-dealkylation sites (N-methyl/N-ethyl adjacent to an activating group) is 1. The molecule has 1 amide bonds. The van der Waals surface area contributed by atoms with Gasteiger partial charge in [0.2, 0.25) is 5.91 Å². The Hall–Kier alpha value is -1.36. The fourth-order valence-electron chi connectivity index (χ4n) is 1.87. The first-order valence-electron chi connectivity index (χ1n) is 5.61. The van der Waals surface area contributed by atoms with Crippen LogP contribution in [0, 0.1) is 6.92 Å². The third kappa shape index (κ3) is 2.41. The van der Waals surface area contributed by atoms with Crippen molar-refractivity contribution < 1.29 is 4.79 Å². The maximum Gasteiger partial charge on any atom is 0.242 e. The molecule has 5 nitrogen and oxygen atoms in total.